The minimum absolute atomic E-state index is 0.0796. The molecule has 0 saturated heterocycles. The van der Waals surface area contributed by atoms with Crippen LogP contribution in [0.25, 0.3) is 5.69 Å². The summed E-state index contributed by atoms with van der Waals surface area (Å²) in [5, 5.41) is 7.83. The van der Waals surface area contributed by atoms with Crippen LogP contribution in [0, 0.1) is 13.8 Å². The monoisotopic (exact) mass is 581 g/mol. The number of nitrogens with two attached hydrogens (primary N) is 2. The van der Waals surface area contributed by atoms with Crippen LogP contribution in [-0.4, -0.2) is 31.8 Å². The summed E-state index contributed by atoms with van der Waals surface area (Å²) in [4.78, 5) is 0.185. The molecule has 0 aliphatic rings. The van der Waals surface area contributed by atoms with E-state index in [1.54, 1.807) is 44.2 Å². The number of para-hydroxylation sites is 1. The number of rotatable bonds is 7. The highest BCUT2D eigenvalue weighted by Gasteiger charge is 2.19. The topological polar surface area (TPSA) is 188 Å². The smallest absolute Gasteiger partial charge is 0.264 e. The summed E-state index contributed by atoms with van der Waals surface area (Å²) in [5.74, 6) is 0.476. The number of hydrogen-bond donors (Lipinski definition) is 4. The zero-order valence-electron chi connectivity index (χ0n) is 21.5. The van der Waals surface area contributed by atoms with Gasteiger partial charge in [-0.05, 0) is 62.4 Å². The fraction of sp³-hybridized carbons (Fsp3) is 0.0769. The second-order valence-electron chi connectivity index (χ2n) is 8.54. The van der Waals surface area contributed by atoms with Crippen molar-refractivity contribution in [3.05, 3.63) is 102 Å². The molecule has 0 bridgehead atoms. The maximum absolute atomic E-state index is 12.4. The number of anilines is 4. The molecule has 5 aromatic rings. The van der Waals surface area contributed by atoms with Gasteiger partial charge in [0.1, 0.15) is 5.82 Å². The van der Waals surface area contributed by atoms with Crippen molar-refractivity contribution in [2.24, 2.45) is 0 Å². The Morgan fingerprint density at radius 3 is 1.85 bits per heavy atom. The molecule has 0 radical (unpaired) electrons. The molecular formula is C26H27N7O5S2. The molecule has 3 aromatic carbocycles. The van der Waals surface area contributed by atoms with Crippen LogP contribution in [0.3, 0.4) is 0 Å². The van der Waals surface area contributed by atoms with Crippen LogP contribution in [0.1, 0.15) is 11.3 Å². The molecule has 0 saturated carbocycles. The summed E-state index contributed by atoms with van der Waals surface area (Å²) < 4.78 is 60.3. The number of aryl methyl sites for hydroxylation is 1. The molecule has 2 aromatic heterocycles. The molecule has 6 N–H and O–H groups in total. The van der Waals surface area contributed by atoms with E-state index in [2.05, 4.69) is 19.7 Å². The Morgan fingerprint density at radius 2 is 1.32 bits per heavy atom. The number of nitrogens with zero attached hydrogens (tertiary/aromatic N) is 3. The van der Waals surface area contributed by atoms with Crippen molar-refractivity contribution in [2.45, 2.75) is 23.6 Å². The fourth-order valence-electron chi connectivity index (χ4n) is 3.41. The predicted octanol–water partition coefficient (Wildman–Crippen LogP) is 3.93. The minimum atomic E-state index is -3.73. The Kier molecular flexibility index (Phi) is 8.11. The third-order valence-corrected chi connectivity index (χ3v) is 8.28. The standard InChI is InChI=1S/C15H14N4O2S.C11H13N3O3S/c16-12-5-4-8-14(11-12)22(20,21)18-15-9-10-17-19(15)13-6-2-1-3-7-13;1-7-8(2)13-17-11(7)14-18(15,16)10-5-3-4-9(12)6-10/h1-11,18H,16H2;3-6,14H,12H2,1-2H3. The van der Waals surface area contributed by atoms with E-state index >= 15 is 0 Å². The average Bonchev–Trinajstić information content (AvgIpc) is 3.50. The molecule has 0 atom stereocenters. The van der Waals surface area contributed by atoms with E-state index in [0.29, 0.717) is 28.5 Å². The molecule has 0 aliphatic heterocycles. The van der Waals surface area contributed by atoms with Gasteiger partial charge in [0.25, 0.3) is 20.0 Å². The molecule has 0 spiro atoms. The molecule has 14 heteroatoms. The molecule has 12 nitrogen and oxygen atoms in total. The fourth-order valence-corrected chi connectivity index (χ4v) is 5.60. The quantitative estimate of drug-likeness (QED) is 0.206. The zero-order valence-corrected chi connectivity index (χ0v) is 23.1. The third-order valence-electron chi connectivity index (χ3n) is 5.60. The summed E-state index contributed by atoms with van der Waals surface area (Å²) >= 11 is 0. The van der Waals surface area contributed by atoms with Gasteiger partial charge in [-0.3, -0.25) is 4.72 Å². The Labute approximate surface area is 231 Å². The lowest BCUT2D eigenvalue weighted by Crippen LogP contribution is -2.16. The van der Waals surface area contributed by atoms with Crippen LogP contribution in [0.15, 0.2) is 105 Å². The molecule has 0 amide bonds. The summed E-state index contributed by atoms with van der Waals surface area (Å²) in [6.45, 7) is 3.46. The van der Waals surface area contributed by atoms with Crippen LogP contribution >= 0.6 is 0 Å². The van der Waals surface area contributed by atoms with E-state index in [-0.39, 0.29) is 15.7 Å². The highest BCUT2D eigenvalue weighted by Crippen LogP contribution is 2.23. The highest BCUT2D eigenvalue weighted by atomic mass is 32.2. The van der Waals surface area contributed by atoms with E-state index in [4.69, 9.17) is 16.0 Å². The number of sulfonamides is 2. The Balaban J connectivity index is 0.000000189. The van der Waals surface area contributed by atoms with Gasteiger partial charge in [-0.1, -0.05) is 35.5 Å². The van der Waals surface area contributed by atoms with Gasteiger partial charge >= 0.3 is 0 Å². The van der Waals surface area contributed by atoms with Gasteiger partial charge in [0.15, 0.2) is 0 Å². The highest BCUT2D eigenvalue weighted by molar-refractivity contribution is 7.93. The lowest BCUT2D eigenvalue weighted by Gasteiger charge is -2.11. The van der Waals surface area contributed by atoms with Crippen LogP contribution in [-0.2, 0) is 20.0 Å². The number of benzene rings is 3. The molecule has 2 heterocycles. The maximum atomic E-state index is 12.4. The first-order valence-corrected chi connectivity index (χ1v) is 14.7. The van der Waals surface area contributed by atoms with Crippen molar-refractivity contribution in [3.8, 4) is 5.69 Å². The van der Waals surface area contributed by atoms with E-state index < -0.39 is 20.0 Å². The summed E-state index contributed by atoms with van der Waals surface area (Å²) in [6.07, 6.45) is 1.53. The van der Waals surface area contributed by atoms with Gasteiger partial charge in [-0.2, -0.15) is 5.10 Å². The van der Waals surface area contributed by atoms with Crippen molar-refractivity contribution in [2.75, 3.05) is 20.9 Å². The van der Waals surface area contributed by atoms with E-state index in [1.807, 2.05) is 30.3 Å². The molecular weight excluding hydrogens is 554 g/mol. The SMILES string of the molecule is Cc1noc(NS(=O)(=O)c2cccc(N)c2)c1C.Nc1cccc(S(=O)(=O)Nc2ccnn2-c2ccccc2)c1. The van der Waals surface area contributed by atoms with Crippen molar-refractivity contribution in [1.29, 1.82) is 0 Å². The number of nitrogens with one attached hydrogen (secondary N) is 2. The average molecular weight is 582 g/mol. The Morgan fingerprint density at radius 1 is 0.750 bits per heavy atom. The van der Waals surface area contributed by atoms with Gasteiger partial charge in [-0.25, -0.2) is 26.2 Å². The first-order chi connectivity index (χ1) is 19.0. The van der Waals surface area contributed by atoms with Crippen LogP contribution in [0.2, 0.25) is 0 Å². The number of nitrogen functional groups attached to an aromatic ring is 2. The van der Waals surface area contributed by atoms with Crippen molar-refractivity contribution in [3.63, 3.8) is 0 Å². The van der Waals surface area contributed by atoms with Gasteiger partial charge in [-0.15, -0.1) is 0 Å². The number of hydrogen-bond acceptors (Lipinski definition) is 9. The normalized spacial score (nSPS) is 11.3. The van der Waals surface area contributed by atoms with E-state index in [9.17, 15) is 16.8 Å². The zero-order chi connectivity index (χ0) is 28.9. The van der Waals surface area contributed by atoms with Crippen LogP contribution in [0.5, 0.6) is 0 Å². The van der Waals surface area contributed by atoms with E-state index in [0.717, 1.165) is 5.69 Å². The van der Waals surface area contributed by atoms with Gasteiger partial charge in [0, 0.05) is 23.0 Å². The summed E-state index contributed by atoms with van der Waals surface area (Å²) in [6, 6.07) is 23.0. The number of aromatic nitrogens is 3. The summed E-state index contributed by atoms with van der Waals surface area (Å²) in [5.41, 5.74) is 14.0. The van der Waals surface area contributed by atoms with Crippen molar-refractivity contribution < 1.29 is 21.4 Å². The lowest BCUT2D eigenvalue weighted by atomic mass is 10.3. The molecule has 40 heavy (non-hydrogen) atoms. The van der Waals surface area contributed by atoms with Gasteiger partial charge in [0.05, 0.1) is 27.4 Å². The Hall–Kier alpha value is -4.82. The molecule has 208 valence electrons. The van der Waals surface area contributed by atoms with Crippen LogP contribution < -0.4 is 20.9 Å². The van der Waals surface area contributed by atoms with Gasteiger partial charge in [0.2, 0.25) is 5.88 Å². The van der Waals surface area contributed by atoms with Crippen molar-refractivity contribution in [1.82, 2.24) is 14.9 Å². The largest absolute Gasteiger partial charge is 0.399 e. The first-order valence-electron chi connectivity index (χ1n) is 11.8. The van der Waals surface area contributed by atoms with Crippen LogP contribution in [0.4, 0.5) is 23.1 Å². The second kappa shape index (κ2) is 11.5. The van der Waals surface area contributed by atoms with Gasteiger partial charge < -0.3 is 16.0 Å². The molecule has 0 fully saturated rings. The van der Waals surface area contributed by atoms with Crippen molar-refractivity contribution >= 4 is 43.1 Å². The van der Waals surface area contributed by atoms with E-state index in [1.165, 1.54) is 35.1 Å². The first kappa shape index (κ1) is 28.2. The molecule has 0 aliphatic carbocycles. The molecule has 5 rings (SSSR count). The second-order valence-corrected chi connectivity index (χ2v) is 11.9. The molecule has 0 unspecified atom stereocenters. The Bertz CT molecular complexity index is 1830. The lowest BCUT2D eigenvalue weighted by molar-refractivity contribution is 0.430. The summed E-state index contributed by atoms with van der Waals surface area (Å²) in [7, 11) is -7.44. The maximum Gasteiger partial charge on any atom is 0.264 e. The minimum Gasteiger partial charge on any atom is -0.399 e. The predicted molar refractivity (Wildman–Crippen MR) is 153 cm³/mol. The third kappa shape index (κ3) is 6.59.